The highest BCUT2D eigenvalue weighted by molar-refractivity contribution is 6.34. The van der Waals surface area contributed by atoms with Gasteiger partial charge in [0.25, 0.3) is 11.8 Å². The Hall–Kier alpha value is -2.97. The predicted octanol–water partition coefficient (Wildman–Crippen LogP) is 2.44. The molecular weight excluding hydrogens is 368 g/mol. The largest absolute Gasteiger partial charge is 0.336 e. The second kappa shape index (κ2) is 6.98. The van der Waals surface area contributed by atoms with Crippen LogP contribution in [0.5, 0.6) is 0 Å². The molecule has 0 aliphatic carbocycles. The number of hydrogen-bond donors (Lipinski definition) is 1. The Bertz CT molecular complexity index is 1020. The number of carbonyl (C=O) groups excluding carboxylic acids is 1. The van der Waals surface area contributed by atoms with Crippen molar-refractivity contribution >= 4 is 17.5 Å². The summed E-state index contributed by atoms with van der Waals surface area (Å²) in [5.74, 6) is 0.686. The summed E-state index contributed by atoms with van der Waals surface area (Å²) >= 11 is 6.29. The molecule has 1 aromatic carbocycles. The van der Waals surface area contributed by atoms with Gasteiger partial charge in [-0.25, -0.2) is 4.98 Å². The predicted molar refractivity (Wildman–Crippen MR) is 99.6 cm³/mol. The van der Waals surface area contributed by atoms with Crippen LogP contribution in [0.4, 0.5) is 0 Å². The highest BCUT2D eigenvalue weighted by Gasteiger charge is 2.29. The lowest BCUT2D eigenvalue weighted by Crippen LogP contribution is -2.25. The van der Waals surface area contributed by atoms with Gasteiger partial charge >= 0.3 is 0 Å². The molecule has 3 aromatic rings. The van der Waals surface area contributed by atoms with Crippen molar-refractivity contribution in [2.45, 2.75) is 13.1 Å². The average molecular weight is 385 g/mol. The van der Waals surface area contributed by atoms with Crippen LogP contribution in [-0.2, 0) is 13.1 Å². The Labute approximate surface area is 160 Å². The van der Waals surface area contributed by atoms with Crippen LogP contribution in [0.3, 0.4) is 0 Å². The van der Waals surface area contributed by atoms with Crippen molar-refractivity contribution < 1.29 is 9.32 Å². The fraction of sp³-hybridized carbons (Fsp3) is 0.222. The molecule has 1 aliphatic rings. The van der Waals surface area contributed by atoms with E-state index >= 15 is 0 Å². The average Bonchev–Trinajstić information content (AvgIpc) is 3.25. The van der Waals surface area contributed by atoms with E-state index < -0.39 is 0 Å². The molecule has 1 amide bonds. The number of amides is 1. The number of nitrogens with one attached hydrogen (secondary N) is 1. The van der Waals surface area contributed by atoms with Crippen molar-refractivity contribution in [2.75, 3.05) is 13.6 Å². The second-order valence-corrected chi connectivity index (χ2v) is 6.55. The maximum absolute atomic E-state index is 12.8. The van der Waals surface area contributed by atoms with Crippen molar-refractivity contribution in [3.63, 3.8) is 0 Å². The molecule has 2 aromatic heterocycles. The van der Waals surface area contributed by atoms with E-state index in [4.69, 9.17) is 16.1 Å². The van der Waals surface area contributed by atoms with Gasteiger partial charge in [-0.2, -0.15) is 4.98 Å². The third-order valence-corrected chi connectivity index (χ3v) is 4.62. The van der Waals surface area contributed by atoms with E-state index in [1.165, 1.54) is 0 Å². The molecule has 1 aliphatic heterocycles. The van der Waals surface area contributed by atoms with Gasteiger partial charge in [-0.1, -0.05) is 28.9 Å². The zero-order valence-corrected chi connectivity index (χ0v) is 15.4. The first-order valence-electron chi connectivity index (χ1n) is 8.35. The van der Waals surface area contributed by atoms with Gasteiger partial charge in [-0.15, -0.1) is 6.58 Å². The van der Waals surface area contributed by atoms with E-state index in [0.717, 1.165) is 5.69 Å². The Balaban J connectivity index is 1.77. The number of fused-ring (bicyclic) bond motifs is 3. The maximum atomic E-state index is 12.8. The summed E-state index contributed by atoms with van der Waals surface area (Å²) in [5.41, 5.74) is 2.45. The minimum absolute atomic E-state index is 0.148. The molecular formula is C18H17ClN6O2. The molecule has 9 heteroatoms. The zero-order chi connectivity index (χ0) is 19.0. The molecule has 0 saturated carbocycles. The molecule has 0 saturated heterocycles. The first-order chi connectivity index (χ1) is 13.1. The Morgan fingerprint density at radius 3 is 3.11 bits per heavy atom. The van der Waals surface area contributed by atoms with Gasteiger partial charge < -0.3 is 14.7 Å². The summed E-state index contributed by atoms with van der Waals surface area (Å²) in [7, 11) is 1.72. The number of halogens is 1. The van der Waals surface area contributed by atoms with E-state index in [-0.39, 0.29) is 5.91 Å². The third-order valence-electron chi connectivity index (χ3n) is 4.31. The van der Waals surface area contributed by atoms with E-state index in [2.05, 4.69) is 27.0 Å². The van der Waals surface area contributed by atoms with Crippen molar-refractivity contribution in [1.82, 2.24) is 29.9 Å². The summed E-state index contributed by atoms with van der Waals surface area (Å²) in [6.45, 7) is 5.10. The molecule has 138 valence electrons. The van der Waals surface area contributed by atoms with Crippen LogP contribution < -0.4 is 5.32 Å². The number of carbonyl (C=O) groups is 1. The van der Waals surface area contributed by atoms with Gasteiger partial charge in [0.1, 0.15) is 6.33 Å². The van der Waals surface area contributed by atoms with E-state index in [1.807, 2.05) is 10.6 Å². The minimum Gasteiger partial charge on any atom is -0.336 e. The normalized spacial score (nSPS) is 13.3. The highest BCUT2D eigenvalue weighted by Crippen LogP contribution is 2.32. The van der Waals surface area contributed by atoms with Crippen LogP contribution in [-0.4, -0.2) is 44.1 Å². The van der Waals surface area contributed by atoms with Crippen LogP contribution in [0.2, 0.25) is 5.02 Å². The molecule has 0 unspecified atom stereocenters. The topological polar surface area (TPSA) is 89.1 Å². The highest BCUT2D eigenvalue weighted by atomic mass is 35.5. The van der Waals surface area contributed by atoms with Crippen LogP contribution in [0.15, 0.2) is 41.7 Å². The molecule has 0 radical (unpaired) electrons. The van der Waals surface area contributed by atoms with Gasteiger partial charge in [0.2, 0.25) is 0 Å². The minimum atomic E-state index is -0.148. The summed E-state index contributed by atoms with van der Waals surface area (Å²) in [6, 6.07) is 5.35. The monoisotopic (exact) mass is 384 g/mol. The van der Waals surface area contributed by atoms with Crippen molar-refractivity contribution in [3.8, 4) is 17.3 Å². The number of benzene rings is 1. The Morgan fingerprint density at radius 2 is 2.30 bits per heavy atom. The van der Waals surface area contributed by atoms with Gasteiger partial charge in [-0.05, 0) is 12.1 Å². The number of nitrogens with zero attached hydrogens (tertiary/aromatic N) is 5. The van der Waals surface area contributed by atoms with Gasteiger partial charge in [-0.3, -0.25) is 9.36 Å². The lowest BCUT2D eigenvalue weighted by Gasteiger charge is -2.14. The lowest BCUT2D eigenvalue weighted by atomic mass is 10.1. The SMILES string of the molecule is C=CCNCc1noc(-c2ncn3c2CN(C)C(=O)c2c(Cl)cccc2-3)n1. The smallest absolute Gasteiger partial charge is 0.278 e. The maximum Gasteiger partial charge on any atom is 0.278 e. The van der Waals surface area contributed by atoms with Crippen molar-refractivity contribution in [1.29, 1.82) is 0 Å². The van der Waals surface area contributed by atoms with Crippen LogP contribution >= 0.6 is 11.6 Å². The molecule has 27 heavy (non-hydrogen) atoms. The molecule has 0 fully saturated rings. The number of aromatic nitrogens is 4. The standard InChI is InChI=1S/C18H17ClN6O2/c1-3-7-20-8-14-22-17(27-23-14)16-13-9-24(2)18(26)15-11(19)5-4-6-12(15)25(13)10-21-16/h3-6,10,20H,1,7-9H2,2H3. The first-order valence-corrected chi connectivity index (χ1v) is 8.73. The fourth-order valence-electron chi connectivity index (χ4n) is 3.03. The number of imidazole rings is 1. The summed E-state index contributed by atoms with van der Waals surface area (Å²) < 4.78 is 7.23. The van der Waals surface area contributed by atoms with Crippen LogP contribution in [0, 0.1) is 0 Å². The molecule has 1 N–H and O–H groups in total. The molecule has 3 heterocycles. The van der Waals surface area contributed by atoms with E-state index in [9.17, 15) is 4.79 Å². The van der Waals surface area contributed by atoms with Crippen LogP contribution in [0.25, 0.3) is 17.3 Å². The van der Waals surface area contributed by atoms with Crippen molar-refractivity contribution in [3.05, 3.63) is 59.3 Å². The molecule has 0 bridgehead atoms. The lowest BCUT2D eigenvalue weighted by molar-refractivity contribution is 0.0788. The van der Waals surface area contributed by atoms with E-state index in [1.54, 1.807) is 36.5 Å². The van der Waals surface area contributed by atoms with Gasteiger partial charge in [0, 0.05) is 13.6 Å². The molecule has 0 spiro atoms. The zero-order valence-electron chi connectivity index (χ0n) is 14.6. The molecule has 0 atom stereocenters. The first kappa shape index (κ1) is 17.4. The van der Waals surface area contributed by atoms with Gasteiger partial charge in [0.15, 0.2) is 11.5 Å². The van der Waals surface area contributed by atoms with E-state index in [0.29, 0.717) is 53.3 Å². The third kappa shape index (κ3) is 3.02. The number of rotatable bonds is 5. The van der Waals surface area contributed by atoms with Crippen LogP contribution in [0.1, 0.15) is 21.9 Å². The molecule has 4 rings (SSSR count). The Morgan fingerprint density at radius 1 is 1.44 bits per heavy atom. The van der Waals surface area contributed by atoms with Gasteiger partial charge in [0.05, 0.1) is 35.1 Å². The quantitative estimate of drug-likeness (QED) is 0.537. The Kier molecular flexibility index (Phi) is 4.51. The second-order valence-electron chi connectivity index (χ2n) is 6.14. The summed E-state index contributed by atoms with van der Waals surface area (Å²) in [4.78, 5) is 23.2. The number of hydrogen-bond acceptors (Lipinski definition) is 6. The molecule has 8 nitrogen and oxygen atoms in total. The summed E-state index contributed by atoms with van der Waals surface area (Å²) in [6.07, 6.45) is 3.40. The summed E-state index contributed by atoms with van der Waals surface area (Å²) in [5, 5.41) is 7.50. The fourth-order valence-corrected chi connectivity index (χ4v) is 3.28. The van der Waals surface area contributed by atoms with Crippen molar-refractivity contribution in [2.24, 2.45) is 0 Å².